The fourth-order valence-electron chi connectivity index (χ4n) is 8.47. The second kappa shape index (κ2) is 15.7. The van der Waals surface area contributed by atoms with Crippen LogP contribution in [-0.4, -0.2) is 14.1 Å². The standard InChI is InChI=1S/C58H56N4O.Pt/c1-55(2,3)39-29-32-59-51(33-39)62-47-24-15-14-23-43(47)44-28-27-42(35-50(44)62)63-41-22-18-21-40(34-41)60-37-61(49-26-17-16-25-48(49)60)54-45(38-19-12-11-13-20-38)36-46(56(4,5)6)52-53(54)58(9,10)31-30-57(52,7)8;/h11-29,32-33,36H,30-31H2,1-10H3;/q-2;/i7D3,8D3,9D3,10D3,11D,12D,13D,19D,20D,30D2,31D2;. The molecule has 0 bridgehead atoms. The van der Waals surface area contributed by atoms with Crippen LogP contribution in [0.25, 0.3) is 61.2 Å². The molecule has 3 heterocycles. The number of hydrogen-bond donors (Lipinski definition) is 0. The Morgan fingerprint density at radius 1 is 0.734 bits per heavy atom. The number of pyridine rings is 1. The second-order valence-corrected chi connectivity index (χ2v) is 17.9. The third-order valence-electron chi connectivity index (χ3n) is 11.5. The Labute approximate surface area is 422 Å². The predicted molar refractivity (Wildman–Crippen MR) is 258 cm³/mol. The molecule has 0 atom stereocenters. The summed E-state index contributed by atoms with van der Waals surface area (Å²) in [5.74, 6) is 1.02. The summed E-state index contributed by atoms with van der Waals surface area (Å²) in [5.41, 5.74) is -12.6. The molecule has 9 aromatic rings. The molecule has 0 saturated carbocycles. The Balaban J connectivity index is 0.00000865. The van der Waals surface area contributed by atoms with Crippen molar-refractivity contribution in [3.63, 3.8) is 0 Å². The summed E-state index contributed by atoms with van der Waals surface area (Å²) in [6, 6.07) is 29.5. The first-order valence-electron chi connectivity index (χ1n) is 31.0. The van der Waals surface area contributed by atoms with Crippen molar-refractivity contribution >= 4 is 32.8 Å². The van der Waals surface area contributed by atoms with Crippen molar-refractivity contribution in [3.8, 4) is 39.8 Å². The van der Waals surface area contributed by atoms with Gasteiger partial charge in [-0.1, -0.05) is 153 Å². The smallest absolute Gasteiger partial charge is 0.268 e. The van der Waals surface area contributed by atoms with E-state index in [-0.39, 0.29) is 54.7 Å². The minimum absolute atomic E-state index is 0. The number of benzene rings is 6. The van der Waals surface area contributed by atoms with Gasteiger partial charge in [0.1, 0.15) is 5.82 Å². The zero-order chi connectivity index (χ0) is 62.0. The van der Waals surface area contributed by atoms with E-state index in [1.807, 2.05) is 47.0 Å². The molecule has 6 heteroatoms. The number of aromatic nitrogens is 4. The SMILES string of the molecule is [2H]c1c([2H])c([2H])c(-c2cc(C(C)(C)C)c3c(c2-[n+]2[c-]n(-c4[c-]c(Oc5[c-]c6c(cc5)c5ccccc5n6-c5cc(C(C)(C)C)ccn5)ccc4)c4ccccc42)C(C([2H])([2H])[2H])(C([2H])([2H])[2H])C([2H])([2H])C([2H])([2H])C3(C([2H])([2H])[2H])C([2H])([2H])[2H])c([2H])c1[2H].[Pt]. The number of ether oxygens (including phenoxy) is 1. The molecule has 326 valence electrons. The molecule has 0 fully saturated rings. The average Bonchev–Trinajstić information content (AvgIpc) is 0.927. The minimum atomic E-state index is -4.53. The topological polar surface area (TPSA) is 35.9 Å². The van der Waals surface area contributed by atoms with E-state index in [1.54, 1.807) is 42.6 Å². The number of rotatable bonds is 6. The van der Waals surface area contributed by atoms with E-state index in [1.165, 1.54) is 37.5 Å². The van der Waals surface area contributed by atoms with Crippen molar-refractivity contribution < 1.29 is 59.2 Å². The first-order chi connectivity index (χ1) is 38.6. The molecule has 0 N–H and O–H groups in total. The van der Waals surface area contributed by atoms with Crippen molar-refractivity contribution in [3.05, 3.63) is 174 Å². The summed E-state index contributed by atoms with van der Waals surface area (Å²) < 4.78 is 206. The molecule has 0 unspecified atom stereocenters. The Kier molecular flexibility index (Phi) is 6.16. The first kappa shape index (κ1) is 25.1. The molecule has 6 aromatic carbocycles. The van der Waals surface area contributed by atoms with Crippen molar-refractivity contribution in [2.75, 3.05) is 0 Å². The van der Waals surface area contributed by atoms with Crippen LogP contribution in [0.5, 0.6) is 11.5 Å². The maximum atomic E-state index is 9.87. The number of imidazole rings is 1. The molecule has 0 radical (unpaired) electrons. The van der Waals surface area contributed by atoms with Gasteiger partial charge >= 0.3 is 0 Å². The van der Waals surface area contributed by atoms with E-state index in [4.69, 9.17) is 13.8 Å². The van der Waals surface area contributed by atoms with E-state index in [0.29, 0.717) is 11.3 Å². The molecular weight excluding hydrogens is 964 g/mol. The third-order valence-corrected chi connectivity index (χ3v) is 11.5. The summed E-state index contributed by atoms with van der Waals surface area (Å²) in [6.07, 6.45) is -4.12. The quantitative estimate of drug-likeness (QED) is 0.123. The zero-order valence-electron chi connectivity index (χ0n) is 56.8. The van der Waals surface area contributed by atoms with Gasteiger partial charge in [0, 0.05) is 66.2 Å². The molecule has 10 rings (SSSR count). The van der Waals surface area contributed by atoms with Crippen LogP contribution in [0.3, 0.4) is 0 Å². The molecule has 0 spiro atoms. The van der Waals surface area contributed by atoms with Crippen molar-refractivity contribution in [2.24, 2.45) is 0 Å². The van der Waals surface area contributed by atoms with Crippen LogP contribution in [0.4, 0.5) is 0 Å². The summed E-state index contributed by atoms with van der Waals surface area (Å²) in [5, 5.41) is 1.80. The van der Waals surface area contributed by atoms with E-state index >= 15 is 0 Å². The van der Waals surface area contributed by atoms with Crippen molar-refractivity contribution in [2.45, 2.75) is 103 Å². The van der Waals surface area contributed by atoms with Crippen LogP contribution < -0.4 is 9.30 Å². The molecule has 0 amide bonds. The van der Waals surface area contributed by atoms with Gasteiger partial charge in [0.25, 0.3) is 6.33 Å². The Bertz CT molecular complexity index is 4120. The molecule has 5 nitrogen and oxygen atoms in total. The summed E-state index contributed by atoms with van der Waals surface area (Å²) >= 11 is 0. The number of fused-ring (bicyclic) bond motifs is 5. The van der Waals surface area contributed by atoms with Gasteiger partial charge in [-0.05, 0) is 97.1 Å². The molecule has 1 aliphatic rings. The largest absolute Gasteiger partial charge is 0.510 e. The van der Waals surface area contributed by atoms with Crippen molar-refractivity contribution in [1.29, 1.82) is 0 Å². The predicted octanol–water partition coefficient (Wildman–Crippen LogP) is 14.2. The van der Waals surface area contributed by atoms with Crippen LogP contribution in [0.2, 0.25) is 0 Å². The molecule has 64 heavy (non-hydrogen) atoms. The monoisotopic (exact) mass is 1040 g/mol. The van der Waals surface area contributed by atoms with E-state index < -0.39 is 120 Å². The summed E-state index contributed by atoms with van der Waals surface area (Å²) in [4.78, 5) is 4.76. The maximum Gasteiger partial charge on any atom is 0.268 e. The normalized spacial score (nSPS) is 21.9. The molecule has 0 saturated heterocycles. The fraction of sp³-hybridized carbons (Fsp3) is 0.276. The number of nitrogens with zero attached hydrogens (tertiary/aromatic N) is 4. The van der Waals surface area contributed by atoms with E-state index in [0.717, 1.165) is 32.5 Å². The number of hydrogen-bond acceptors (Lipinski definition) is 2. The van der Waals surface area contributed by atoms with Crippen LogP contribution in [0.1, 0.15) is 133 Å². The van der Waals surface area contributed by atoms with Gasteiger partial charge in [-0.15, -0.1) is 29.7 Å². The van der Waals surface area contributed by atoms with Gasteiger partial charge in [0.15, 0.2) is 0 Å². The molecule has 3 aromatic heterocycles. The molecule has 0 aliphatic heterocycles. The van der Waals surface area contributed by atoms with Crippen LogP contribution >= 0.6 is 0 Å². The Hall–Kier alpha value is -5.77. The Morgan fingerprint density at radius 2 is 1.44 bits per heavy atom. The minimum Gasteiger partial charge on any atom is -0.510 e. The van der Waals surface area contributed by atoms with Crippen LogP contribution in [0, 0.1) is 18.5 Å². The van der Waals surface area contributed by atoms with Crippen LogP contribution in [0.15, 0.2) is 133 Å². The number of para-hydroxylation sites is 3. The van der Waals surface area contributed by atoms with Gasteiger partial charge in [0.2, 0.25) is 0 Å². The first-order valence-corrected chi connectivity index (χ1v) is 20.5. The van der Waals surface area contributed by atoms with Gasteiger partial charge in [-0.25, -0.2) is 4.98 Å². The van der Waals surface area contributed by atoms with Crippen molar-refractivity contribution in [1.82, 2.24) is 14.1 Å². The van der Waals surface area contributed by atoms with Gasteiger partial charge in [0.05, 0.1) is 23.6 Å². The van der Waals surface area contributed by atoms with Gasteiger partial charge < -0.3 is 13.9 Å². The van der Waals surface area contributed by atoms with Gasteiger partial charge in [-0.2, -0.15) is 18.2 Å². The fourth-order valence-corrected chi connectivity index (χ4v) is 8.47. The zero-order valence-corrected chi connectivity index (χ0v) is 38.1. The molecular formula is C58H56N4OPt-2. The summed E-state index contributed by atoms with van der Waals surface area (Å²) in [7, 11) is 0. The third kappa shape index (κ3) is 7.40. The van der Waals surface area contributed by atoms with E-state index in [9.17, 15) is 24.7 Å². The summed E-state index contributed by atoms with van der Waals surface area (Å²) in [6.45, 7) is -6.29. The maximum absolute atomic E-state index is 9.87. The van der Waals surface area contributed by atoms with Crippen LogP contribution in [-0.2, 0) is 42.7 Å². The second-order valence-electron chi connectivity index (χ2n) is 17.9. The average molecular weight is 1040 g/mol. The van der Waals surface area contributed by atoms with Gasteiger partial charge in [-0.3, -0.25) is 4.57 Å². The molecule has 1 aliphatic carbocycles. The Morgan fingerprint density at radius 3 is 2.17 bits per heavy atom. The van der Waals surface area contributed by atoms with E-state index in [2.05, 4.69) is 39.2 Å².